The van der Waals surface area contributed by atoms with Crippen LogP contribution in [0.2, 0.25) is 0 Å². The Kier molecular flexibility index (Phi) is 2.37. The van der Waals surface area contributed by atoms with E-state index in [-0.39, 0.29) is 11.6 Å². The van der Waals surface area contributed by atoms with Gasteiger partial charge in [0, 0.05) is 6.07 Å². The molecule has 0 bridgehead atoms. The van der Waals surface area contributed by atoms with Crippen molar-refractivity contribution in [1.29, 1.82) is 0 Å². The molecule has 0 aliphatic heterocycles. The van der Waals surface area contributed by atoms with Crippen LogP contribution in [0.25, 0.3) is 0 Å². The first kappa shape index (κ1) is 8.19. The quantitative estimate of drug-likeness (QED) is 0.642. The molecular weight excluding hydrogens is 160 g/mol. The van der Waals surface area contributed by atoms with E-state index in [2.05, 4.69) is 9.72 Å². The lowest BCUT2D eigenvalue weighted by atomic mass is 10.4. The van der Waals surface area contributed by atoms with E-state index in [0.29, 0.717) is 6.29 Å². The molecule has 1 aromatic rings. The Hall–Kier alpha value is -1.91. The van der Waals surface area contributed by atoms with Gasteiger partial charge in [-0.3, -0.25) is 4.79 Å². The van der Waals surface area contributed by atoms with Crippen LogP contribution in [0.15, 0.2) is 18.2 Å². The molecule has 0 unspecified atom stereocenters. The van der Waals surface area contributed by atoms with Crippen LogP contribution in [-0.2, 0) is 0 Å². The highest BCUT2D eigenvalue weighted by Gasteiger charge is 2.00. The van der Waals surface area contributed by atoms with Crippen molar-refractivity contribution in [1.82, 2.24) is 4.98 Å². The molecule has 1 aromatic heterocycles. The van der Waals surface area contributed by atoms with Crippen molar-refractivity contribution in [2.24, 2.45) is 5.73 Å². The van der Waals surface area contributed by atoms with Gasteiger partial charge in [0.1, 0.15) is 5.69 Å². The van der Waals surface area contributed by atoms with Crippen molar-refractivity contribution in [3.8, 4) is 5.88 Å². The average molecular weight is 166 g/mol. The van der Waals surface area contributed by atoms with Gasteiger partial charge in [-0.05, 0) is 6.07 Å². The summed E-state index contributed by atoms with van der Waals surface area (Å²) in [7, 11) is 0. The first-order chi connectivity index (χ1) is 5.72. The normalized spacial score (nSPS) is 9.00. The molecule has 2 N–H and O–H groups in total. The summed E-state index contributed by atoms with van der Waals surface area (Å²) in [4.78, 5) is 24.1. The van der Waals surface area contributed by atoms with Crippen LogP contribution in [0.5, 0.6) is 5.88 Å². The van der Waals surface area contributed by atoms with Crippen LogP contribution >= 0.6 is 0 Å². The molecule has 1 amide bonds. The summed E-state index contributed by atoms with van der Waals surface area (Å²) in [6, 6.07) is 4.45. The molecule has 5 nitrogen and oxygen atoms in total. The average Bonchev–Trinajstić information content (AvgIpc) is 2.03. The number of primary amides is 1. The van der Waals surface area contributed by atoms with Gasteiger partial charge in [0.05, 0.1) is 0 Å². The van der Waals surface area contributed by atoms with Gasteiger partial charge in [0.25, 0.3) is 0 Å². The number of carbonyl (C=O) groups excluding carboxylic acids is 2. The summed E-state index contributed by atoms with van der Waals surface area (Å²) in [6.45, 7) is 0. The van der Waals surface area contributed by atoms with Gasteiger partial charge in [0.15, 0.2) is 6.29 Å². The second-order valence-corrected chi connectivity index (χ2v) is 1.94. The van der Waals surface area contributed by atoms with E-state index < -0.39 is 6.09 Å². The van der Waals surface area contributed by atoms with Crippen molar-refractivity contribution >= 4 is 12.4 Å². The van der Waals surface area contributed by atoms with E-state index in [1.807, 2.05) is 0 Å². The Labute approximate surface area is 68.2 Å². The number of nitrogens with two attached hydrogens (primary N) is 1. The summed E-state index contributed by atoms with van der Waals surface area (Å²) in [6.07, 6.45) is -0.404. The monoisotopic (exact) mass is 166 g/mol. The van der Waals surface area contributed by atoms with Gasteiger partial charge in [-0.1, -0.05) is 6.07 Å². The largest absolute Gasteiger partial charge is 0.411 e. The van der Waals surface area contributed by atoms with Gasteiger partial charge < -0.3 is 10.5 Å². The number of pyridine rings is 1. The molecule has 12 heavy (non-hydrogen) atoms. The highest BCUT2D eigenvalue weighted by Crippen LogP contribution is 2.05. The predicted molar refractivity (Wildman–Crippen MR) is 39.8 cm³/mol. The van der Waals surface area contributed by atoms with E-state index in [9.17, 15) is 9.59 Å². The molecule has 62 valence electrons. The lowest BCUT2D eigenvalue weighted by Gasteiger charge is -1.98. The van der Waals surface area contributed by atoms with Crippen molar-refractivity contribution in [3.63, 3.8) is 0 Å². The molecule has 1 rings (SSSR count). The summed E-state index contributed by atoms with van der Waals surface area (Å²) >= 11 is 0. The Morgan fingerprint density at radius 2 is 2.33 bits per heavy atom. The molecule has 1 heterocycles. The first-order valence-electron chi connectivity index (χ1n) is 3.12. The number of carbonyl (C=O) groups is 2. The zero-order valence-corrected chi connectivity index (χ0v) is 6.06. The minimum absolute atomic E-state index is 0.0205. The Morgan fingerprint density at radius 1 is 1.58 bits per heavy atom. The Morgan fingerprint density at radius 3 is 2.92 bits per heavy atom. The van der Waals surface area contributed by atoms with Gasteiger partial charge in [-0.2, -0.15) is 0 Å². The fraction of sp³-hybridized carbons (Fsp3) is 0. The predicted octanol–water partition coefficient (Wildman–Crippen LogP) is 0.352. The third kappa shape index (κ3) is 2.05. The maximum Gasteiger partial charge on any atom is 0.411 e. The highest BCUT2D eigenvalue weighted by atomic mass is 16.6. The number of ether oxygens (including phenoxy) is 1. The molecule has 0 aliphatic carbocycles. The number of hydrogen-bond donors (Lipinski definition) is 1. The van der Waals surface area contributed by atoms with Gasteiger partial charge in [-0.25, -0.2) is 9.78 Å². The number of rotatable bonds is 2. The molecule has 0 aromatic carbocycles. The van der Waals surface area contributed by atoms with Crippen LogP contribution in [0.1, 0.15) is 10.5 Å². The minimum Gasteiger partial charge on any atom is -0.391 e. The third-order valence-electron chi connectivity index (χ3n) is 1.07. The molecular formula is C7H6N2O3. The summed E-state index contributed by atoms with van der Waals surface area (Å²) in [5.74, 6) is 0.0205. The van der Waals surface area contributed by atoms with Crippen LogP contribution < -0.4 is 10.5 Å². The summed E-state index contributed by atoms with van der Waals surface area (Å²) in [5, 5.41) is 0. The van der Waals surface area contributed by atoms with Crippen molar-refractivity contribution < 1.29 is 14.3 Å². The Balaban J connectivity index is 2.86. The SMILES string of the molecule is NC(=O)Oc1cccc(C=O)n1. The van der Waals surface area contributed by atoms with E-state index in [4.69, 9.17) is 5.73 Å². The maximum absolute atomic E-state index is 10.2. The molecule has 0 spiro atoms. The fourth-order valence-corrected chi connectivity index (χ4v) is 0.656. The van der Waals surface area contributed by atoms with Crippen LogP contribution in [0.3, 0.4) is 0 Å². The van der Waals surface area contributed by atoms with Crippen molar-refractivity contribution in [2.75, 3.05) is 0 Å². The number of aromatic nitrogens is 1. The molecule has 0 aliphatic rings. The molecule has 0 atom stereocenters. The second-order valence-electron chi connectivity index (χ2n) is 1.94. The van der Waals surface area contributed by atoms with Gasteiger partial charge >= 0.3 is 6.09 Å². The van der Waals surface area contributed by atoms with Crippen LogP contribution in [0, 0.1) is 0 Å². The van der Waals surface area contributed by atoms with Crippen LogP contribution in [-0.4, -0.2) is 17.4 Å². The molecule has 0 fully saturated rings. The maximum atomic E-state index is 10.2. The molecule has 0 radical (unpaired) electrons. The zero-order chi connectivity index (χ0) is 8.97. The number of nitrogens with zero attached hydrogens (tertiary/aromatic N) is 1. The van der Waals surface area contributed by atoms with Crippen LogP contribution in [0.4, 0.5) is 4.79 Å². The molecule has 5 heteroatoms. The lowest BCUT2D eigenvalue weighted by molar-refractivity contribution is 0.111. The lowest BCUT2D eigenvalue weighted by Crippen LogP contribution is -2.17. The number of aldehydes is 1. The van der Waals surface area contributed by atoms with Crippen molar-refractivity contribution in [2.45, 2.75) is 0 Å². The van der Waals surface area contributed by atoms with Crippen molar-refractivity contribution in [3.05, 3.63) is 23.9 Å². The molecule has 0 saturated heterocycles. The third-order valence-corrected chi connectivity index (χ3v) is 1.07. The van der Waals surface area contributed by atoms with Gasteiger partial charge in [0.2, 0.25) is 5.88 Å². The number of hydrogen-bond acceptors (Lipinski definition) is 4. The van der Waals surface area contributed by atoms with E-state index in [1.165, 1.54) is 18.2 Å². The van der Waals surface area contributed by atoms with E-state index >= 15 is 0 Å². The number of amides is 1. The first-order valence-corrected chi connectivity index (χ1v) is 3.12. The minimum atomic E-state index is -0.953. The highest BCUT2D eigenvalue weighted by molar-refractivity contribution is 5.72. The molecule has 0 saturated carbocycles. The summed E-state index contributed by atoms with van der Waals surface area (Å²) < 4.78 is 4.43. The topological polar surface area (TPSA) is 82.3 Å². The van der Waals surface area contributed by atoms with Gasteiger partial charge in [-0.15, -0.1) is 0 Å². The van der Waals surface area contributed by atoms with E-state index in [1.54, 1.807) is 0 Å². The summed E-state index contributed by atoms with van der Waals surface area (Å²) in [5.41, 5.74) is 4.92. The van der Waals surface area contributed by atoms with E-state index in [0.717, 1.165) is 0 Å². The standard InChI is InChI=1S/C7H6N2O3/c8-7(11)12-6-3-1-2-5(4-10)9-6/h1-4H,(H2,8,11). The second kappa shape index (κ2) is 3.47. The Bertz CT molecular complexity index is 311. The smallest absolute Gasteiger partial charge is 0.391 e. The fourth-order valence-electron chi connectivity index (χ4n) is 0.656. The zero-order valence-electron chi connectivity index (χ0n) is 6.06.